The van der Waals surface area contributed by atoms with Crippen LogP contribution in [0.5, 0.6) is 0 Å². The molecule has 0 aliphatic rings. The summed E-state index contributed by atoms with van der Waals surface area (Å²) < 4.78 is 23.3. The Labute approximate surface area is 117 Å². The molecule has 0 heterocycles. The molecule has 19 heavy (non-hydrogen) atoms. The van der Waals surface area contributed by atoms with Crippen molar-refractivity contribution in [3.8, 4) is 0 Å². The number of hydrogen-bond donors (Lipinski definition) is 2. The van der Waals surface area contributed by atoms with Gasteiger partial charge in [0.15, 0.2) is 9.84 Å². The minimum Gasteiger partial charge on any atom is -0.352 e. The molecule has 3 N–H and O–H groups in total. The summed E-state index contributed by atoms with van der Waals surface area (Å²) in [6.07, 6.45) is 0.824. The van der Waals surface area contributed by atoms with Gasteiger partial charge in [0.25, 0.3) is 0 Å². The van der Waals surface area contributed by atoms with Crippen LogP contribution in [0.1, 0.15) is 40.5 Å². The Balaban J connectivity index is 4.17. The lowest BCUT2D eigenvalue weighted by Gasteiger charge is -2.18. The first-order valence-electron chi connectivity index (χ1n) is 6.86. The van der Waals surface area contributed by atoms with E-state index in [9.17, 15) is 13.2 Å². The third kappa shape index (κ3) is 9.90. The first kappa shape index (κ1) is 18.4. The minimum atomic E-state index is -3.13. The molecule has 0 rings (SSSR count). The van der Waals surface area contributed by atoms with Gasteiger partial charge in [-0.05, 0) is 18.3 Å². The van der Waals surface area contributed by atoms with E-state index < -0.39 is 9.84 Å². The highest BCUT2D eigenvalue weighted by molar-refractivity contribution is 7.91. The van der Waals surface area contributed by atoms with Crippen molar-refractivity contribution in [2.45, 2.75) is 46.6 Å². The number of hydrogen-bond acceptors (Lipinski definition) is 4. The zero-order valence-corrected chi connectivity index (χ0v) is 13.3. The van der Waals surface area contributed by atoms with Gasteiger partial charge in [0.2, 0.25) is 5.91 Å². The van der Waals surface area contributed by atoms with Crippen molar-refractivity contribution in [3.05, 3.63) is 0 Å². The highest BCUT2D eigenvalue weighted by atomic mass is 32.2. The summed E-state index contributed by atoms with van der Waals surface area (Å²) in [6.45, 7) is 8.20. The van der Waals surface area contributed by atoms with Crippen LogP contribution >= 0.6 is 0 Å². The fourth-order valence-electron chi connectivity index (χ4n) is 1.92. The van der Waals surface area contributed by atoms with Gasteiger partial charge in [-0.3, -0.25) is 4.79 Å². The molecular weight excluding hydrogens is 264 g/mol. The molecule has 1 unspecified atom stereocenters. The summed E-state index contributed by atoms with van der Waals surface area (Å²) in [5.74, 6) is 0.343. The van der Waals surface area contributed by atoms with Gasteiger partial charge >= 0.3 is 0 Å². The van der Waals surface area contributed by atoms with Gasteiger partial charge in [0.05, 0.1) is 11.5 Å². The van der Waals surface area contributed by atoms with Gasteiger partial charge < -0.3 is 11.1 Å². The van der Waals surface area contributed by atoms with E-state index in [-0.39, 0.29) is 35.8 Å². The predicted molar refractivity (Wildman–Crippen MR) is 78.5 cm³/mol. The Morgan fingerprint density at radius 1 is 1.16 bits per heavy atom. The third-order valence-electron chi connectivity index (χ3n) is 2.63. The molecule has 0 aliphatic heterocycles. The van der Waals surface area contributed by atoms with Gasteiger partial charge in [-0.2, -0.15) is 0 Å². The normalized spacial score (nSPS) is 13.8. The number of carbonyl (C=O) groups excluding carboxylic acids is 1. The maximum absolute atomic E-state index is 11.7. The van der Waals surface area contributed by atoms with Crippen LogP contribution in [-0.4, -0.2) is 38.4 Å². The summed E-state index contributed by atoms with van der Waals surface area (Å²) in [5, 5.41) is 2.80. The van der Waals surface area contributed by atoms with Crippen molar-refractivity contribution >= 4 is 15.7 Å². The first-order valence-corrected chi connectivity index (χ1v) is 8.68. The monoisotopic (exact) mass is 292 g/mol. The van der Waals surface area contributed by atoms with Gasteiger partial charge in [0, 0.05) is 19.0 Å². The molecule has 0 spiro atoms. The van der Waals surface area contributed by atoms with Crippen molar-refractivity contribution in [3.63, 3.8) is 0 Å². The summed E-state index contributed by atoms with van der Waals surface area (Å²) in [6, 6.07) is -0.0692. The third-order valence-corrected chi connectivity index (χ3v) is 4.63. The predicted octanol–water partition coefficient (Wildman–Crippen LogP) is 0.937. The standard InChI is InChI=1S/C13H28N2O3S/c1-10(2)7-12(8-14)15-13(16)5-6-19(17,18)9-11(3)4/h10-12H,5-9,14H2,1-4H3,(H,15,16). The topological polar surface area (TPSA) is 89.3 Å². The van der Waals surface area contributed by atoms with Gasteiger partial charge in [-0.15, -0.1) is 0 Å². The molecule has 0 aromatic heterocycles. The highest BCUT2D eigenvalue weighted by Crippen LogP contribution is 2.05. The van der Waals surface area contributed by atoms with Gasteiger partial charge in [0.1, 0.15) is 0 Å². The van der Waals surface area contributed by atoms with Crippen LogP contribution in [0.15, 0.2) is 0 Å². The van der Waals surface area contributed by atoms with Crippen LogP contribution in [0.4, 0.5) is 0 Å². The van der Waals surface area contributed by atoms with E-state index in [1.54, 1.807) is 0 Å². The molecular formula is C13H28N2O3S. The summed E-state index contributed by atoms with van der Waals surface area (Å²) in [4.78, 5) is 11.7. The Morgan fingerprint density at radius 3 is 2.16 bits per heavy atom. The lowest BCUT2D eigenvalue weighted by Crippen LogP contribution is -2.41. The van der Waals surface area contributed by atoms with Gasteiger partial charge in [-0.1, -0.05) is 27.7 Å². The number of nitrogens with two attached hydrogens (primary N) is 1. The maximum atomic E-state index is 11.7. The largest absolute Gasteiger partial charge is 0.352 e. The van der Waals surface area contributed by atoms with Crippen molar-refractivity contribution in [1.82, 2.24) is 5.32 Å². The molecule has 6 heteroatoms. The van der Waals surface area contributed by atoms with Crippen molar-refractivity contribution in [2.75, 3.05) is 18.1 Å². The second kappa shape index (κ2) is 8.53. The Morgan fingerprint density at radius 2 is 1.74 bits per heavy atom. The maximum Gasteiger partial charge on any atom is 0.221 e. The number of rotatable bonds is 9. The molecule has 0 saturated carbocycles. The Kier molecular flexibility index (Phi) is 8.25. The molecule has 0 bridgehead atoms. The molecule has 0 saturated heterocycles. The van der Waals surface area contributed by atoms with Crippen LogP contribution in [0.25, 0.3) is 0 Å². The quantitative estimate of drug-likeness (QED) is 0.662. The molecule has 0 aromatic carbocycles. The molecule has 0 aliphatic carbocycles. The molecule has 114 valence electrons. The smallest absolute Gasteiger partial charge is 0.221 e. The molecule has 0 aromatic rings. The number of carbonyl (C=O) groups is 1. The average Bonchev–Trinajstić information content (AvgIpc) is 2.23. The number of sulfone groups is 1. The number of nitrogens with one attached hydrogen (secondary N) is 1. The van der Waals surface area contributed by atoms with Gasteiger partial charge in [-0.25, -0.2) is 8.42 Å². The molecule has 1 amide bonds. The summed E-state index contributed by atoms with van der Waals surface area (Å²) >= 11 is 0. The van der Waals surface area contributed by atoms with E-state index in [0.717, 1.165) is 6.42 Å². The van der Waals surface area contributed by atoms with Crippen LogP contribution in [0.3, 0.4) is 0 Å². The lowest BCUT2D eigenvalue weighted by molar-refractivity contribution is -0.121. The average molecular weight is 292 g/mol. The van der Waals surface area contributed by atoms with Crippen molar-refractivity contribution < 1.29 is 13.2 Å². The molecule has 0 radical (unpaired) electrons. The second-order valence-corrected chi connectivity index (χ2v) is 8.12. The van der Waals surface area contributed by atoms with Crippen molar-refractivity contribution in [1.29, 1.82) is 0 Å². The van der Waals surface area contributed by atoms with E-state index >= 15 is 0 Å². The van der Waals surface area contributed by atoms with Crippen LogP contribution in [0, 0.1) is 11.8 Å². The van der Waals surface area contributed by atoms with E-state index in [0.29, 0.717) is 12.5 Å². The molecule has 5 nitrogen and oxygen atoms in total. The second-order valence-electron chi connectivity index (χ2n) is 5.89. The summed E-state index contributed by atoms with van der Waals surface area (Å²) in [5.41, 5.74) is 5.58. The fraction of sp³-hybridized carbons (Fsp3) is 0.923. The van der Waals surface area contributed by atoms with E-state index in [2.05, 4.69) is 19.2 Å². The Hall–Kier alpha value is -0.620. The van der Waals surface area contributed by atoms with Crippen LogP contribution in [-0.2, 0) is 14.6 Å². The van der Waals surface area contributed by atoms with Crippen molar-refractivity contribution in [2.24, 2.45) is 17.6 Å². The Bertz CT molecular complexity index is 364. The fourth-order valence-corrected chi connectivity index (χ4v) is 3.60. The van der Waals surface area contributed by atoms with Crippen LogP contribution < -0.4 is 11.1 Å². The highest BCUT2D eigenvalue weighted by Gasteiger charge is 2.17. The summed E-state index contributed by atoms with van der Waals surface area (Å²) in [7, 11) is -3.13. The zero-order valence-electron chi connectivity index (χ0n) is 12.5. The number of amides is 1. The molecule has 0 fully saturated rings. The van der Waals surface area contributed by atoms with E-state index in [1.807, 2.05) is 13.8 Å². The van der Waals surface area contributed by atoms with E-state index in [1.165, 1.54) is 0 Å². The zero-order chi connectivity index (χ0) is 15.1. The minimum absolute atomic E-state index is 0.0175. The van der Waals surface area contributed by atoms with Crippen LogP contribution in [0.2, 0.25) is 0 Å². The first-order chi connectivity index (χ1) is 8.66. The van der Waals surface area contributed by atoms with E-state index in [4.69, 9.17) is 5.73 Å². The SMILES string of the molecule is CC(C)CC(CN)NC(=O)CCS(=O)(=O)CC(C)C. The lowest BCUT2D eigenvalue weighted by atomic mass is 10.0. The molecule has 1 atom stereocenters.